The van der Waals surface area contributed by atoms with Crippen molar-refractivity contribution in [2.75, 3.05) is 37.7 Å². The van der Waals surface area contributed by atoms with Crippen LogP contribution in [0.3, 0.4) is 0 Å². The second-order valence-corrected chi connectivity index (χ2v) is 7.77. The fourth-order valence-electron chi connectivity index (χ4n) is 3.84. The molecule has 1 N–H and O–H groups in total. The molecule has 162 valence electrons. The largest absolute Gasteiger partial charge is 0.465 e. The third-order valence-corrected chi connectivity index (χ3v) is 5.61. The molecule has 0 aliphatic carbocycles. The number of nitrogens with zero attached hydrogens (tertiary/aromatic N) is 4. The van der Waals surface area contributed by atoms with Gasteiger partial charge in [-0.25, -0.2) is 9.98 Å². The van der Waals surface area contributed by atoms with Crippen molar-refractivity contribution in [3.05, 3.63) is 59.2 Å². The van der Waals surface area contributed by atoms with Gasteiger partial charge in [0, 0.05) is 37.4 Å². The third-order valence-electron chi connectivity index (χ3n) is 5.38. The van der Waals surface area contributed by atoms with Crippen LogP contribution in [0.15, 0.2) is 53.7 Å². The number of aromatic nitrogens is 1. The maximum atomic E-state index is 12.9. The average molecular weight is 442 g/mol. The van der Waals surface area contributed by atoms with Crippen molar-refractivity contribution < 1.29 is 14.3 Å². The van der Waals surface area contributed by atoms with Gasteiger partial charge in [-0.05, 0) is 36.8 Å². The van der Waals surface area contributed by atoms with Gasteiger partial charge in [-0.1, -0.05) is 29.8 Å². The lowest BCUT2D eigenvalue weighted by molar-refractivity contribution is -0.153. The first-order valence-electron chi connectivity index (χ1n) is 10.3. The van der Waals surface area contributed by atoms with Crippen LogP contribution >= 0.6 is 11.6 Å². The van der Waals surface area contributed by atoms with E-state index in [1.807, 2.05) is 29.2 Å². The number of guanidine groups is 1. The number of carbonyl (C=O) groups is 2. The third kappa shape index (κ3) is 4.64. The number of anilines is 1. The molecule has 9 heteroatoms. The lowest BCUT2D eigenvalue weighted by Crippen LogP contribution is -2.57. The van der Waals surface area contributed by atoms with E-state index in [4.69, 9.17) is 21.3 Å². The van der Waals surface area contributed by atoms with Gasteiger partial charge in [-0.15, -0.1) is 0 Å². The van der Waals surface area contributed by atoms with Crippen LogP contribution in [0.4, 0.5) is 5.82 Å². The number of piperazine rings is 1. The first-order chi connectivity index (χ1) is 15.1. The molecule has 31 heavy (non-hydrogen) atoms. The number of hydrogen-bond acceptors (Lipinski definition) is 7. The molecule has 1 aromatic heterocycles. The number of carbonyl (C=O) groups excluding carboxylic acids is 2. The summed E-state index contributed by atoms with van der Waals surface area (Å²) in [6, 6.07) is 12.2. The quantitative estimate of drug-likeness (QED) is 0.578. The monoisotopic (exact) mass is 441 g/mol. The van der Waals surface area contributed by atoms with Crippen LogP contribution in [0.25, 0.3) is 0 Å². The Morgan fingerprint density at radius 2 is 1.94 bits per heavy atom. The van der Waals surface area contributed by atoms with E-state index in [-0.39, 0.29) is 6.61 Å². The first-order valence-corrected chi connectivity index (χ1v) is 10.7. The Hall–Kier alpha value is -3.13. The summed E-state index contributed by atoms with van der Waals surface area (Å²) in [5.41, 5.74) is 0.699. The summed E-state index contributed by atoms with van der Waals surface area (Å²) in [6.45, 7) is 4.73. The molecule has 1 aromatic carbocycles. The molecule has 0 unspecified atom stereocenters. The Labute approximate surface area is 185 Å². The summed E-state index contributed by atoms with van der Waals surface area (Å²) in [6.07, 6.45) is 1.78. The molecule has 3 heterocycles. The average Bonchev–Trinajstić information content (AvgIpc) is 2.79. The Bertz CT molecular complexity index is 976. The summed E-state index contributed by atoms with van der Waals surface area (Å²) >= 11 is 6.16. The second kappa shape index (κ2) is 9.34. The molecule has 1 fully saturated rings. The lowest BCUT2D eigenvalue weighted by Gasteiger charge is -2.39. The van der Waals surface area contributed by atoms with E-state index >= 15 is 0 Å². The SMILES string of the molecule is CCOC(=O)[C@H]1C(=O)NC(N2CCN(c3ccccn3)CC2)=N[C@H]1c1cccc(Cl)c1. The highest BCUT2D eigenvalue weighted by atomic mass is 35.5. The van der Waals surface area contributed by atoms with Crippen molar-refractivity contribution in [2.45, 2.75) is 13.0 Å². The van der Waals surface area contributed by atoms with Crippen LogP contribution in [0.5, 0.6) is 0 Å². The van der Waals surface area contributed by atoms with Crippen molar-refractivity contribution in [3.8, 4) is 0 Å². The van der Waals surface area contributed by atoms with E-state index in [0.29, 0.717) is 29.6 Å². The molecule has 0 bridgehead atoms. The number of pyridine rings is 1. The van der Waals surface area contributed by atoms with Gasteiger partial charge in [0.25, 0.3) is 0 Å². The van der Waals surface area contributed by atoms with Crippen LogP contribution in [-0.4, -0.2) is 60.5 Å². The van der Waals surface area contributed by atoms with Gasteiger partial charge in [0.2, 0.25) is 11.9 Å². The number of aliphatic imine (C=N–C) groups is 1. The van der Waals surface area contributed by atoms with Crippen molar-refractivity contribution in [1.29, 1.82) is 0 Å². The standard InChI is InChI=1S/C22H24ClN5O3/c1-2-31-21(30)18-19(15-6-5-7-16(23)14-15)25-22(26-20(18)29)28-12-10-27(11-13-28)17-8-3-4-9-24-17/h3-9,14,18-19H,2,10-13H2,1H3,(H,25,26,29)/t18-,19+/m1/s1. The van der Waals surface area contributed by atoms with Crippen LogP contribution in [0.2, 0.25) is 5.02 Å². The van der Waals surface area contributed by atoms with E-state index in [1.54, 1.807) is 31.3 Å². The van der Waals surface area contributed by atoms with E-state index in [1.165, 1.54) is 0 Å². The van der Waals surface area contributed by atoms with Gasteiger partial charge in [0.05, 0.1) is 6.61 Å². The topological polar surface area (TPSA) is 87.1 Å². The highest BCUT2D eigenvalue weighted by Crippen LogP contribution is 2.32. The molecule has 2 aliphatic rings. The van der Waals surface area contributed by atoms with Gasteiger partial charge in [-0.3, -0.25) is 14.9 Å². The zero-order valence-electron chi connectivity index (χ0n) is 17.2. The maximum Gasteiger partial charge on any atom is 0.321 e. The van der Waals surface area contributed by atoms with E-state index in [2.05, 4.69) is 15.2 Å². The maximum absolute atomic E-state index is 12.9. The number of ether oxygens (including phenoxy) is 1. The van der Waals surface area contributed by atoms with Gasteiger partial charge in [0.15, 0.2) is 5.92 Å². The summed E-state index contributed by atoms with van der Waals surface area (Å²) in [4.78, 5) is 38.9. The van der Waals surface area contributed by atoms with Gasteiger partial charge in [-0.2, -0.15) is 0 Å². The summed E-state index contributed by atoms with van der Waals surface area (Å²) < 4.78 is 5.15. The van der Waals surface area contributed by atoms with Crippen LogP contribution in [0.1, 0.15) is 18.5 Å². The first kappa shape index (κ1) is 21.1. The minimum atomic E-state index is -1.06. The van der Waals surface area contributed by atoms with Crippen LogP contribution in [0, 0.1) is 5.92 Å². The number of rotatable bonds is 4. The number of esters is 1. The van der Waals surface area contributed by atoms with Crippen molar-refractivity contribution in [1.82, 2.24) is 15.2 Å². The summed E-state index contributed by atoms with van der Waals surface area (Å²) in [5, 5.41) is 3.33. The normalized spacial score (nSPS) is 21.4. The molecule has 4 rings (SSSR count). The molecule has 2 aromatic rings. The lowest BCUT2D eigenvalue weighted by atomic mass is 9.91. The molecule has 1 amide bonds. The zero-order chi connectivity index (χ0) is 21.8. The van der Waals surface area contributed by atoms with Gasteiger partial charge < -0.3 is 14.5 Å². The number of nitrogens with one attached hydrogen (secondary N) is 1. The van der Waals surface area contributed by atoms with Crippen LogP contribution < -0.4 is 10.2 Å². The minimum absolute atomic E-state index is 0.191. The van der Waals surface area contributed by atoms with Crippen LogP contribution in [-0.2, 0) is 14.3 Å². The molecule has 0 radical (unpaired) electrons. The Morgan fingerprint density at radius 1 is 1.16 bits per heavy atom. The minimum Gasteiger partial charge on any atom is -0.465 e. The van der Waals surface area contributed by atoms with E-state index in [0.717, 1.165) is 18.9 Å². The molecular formula is C22H24ClN5O3. The van der Waals surface area contributed by atoms with Crippen molar-refractivity contribution in [2.24, 2.45) is 10.9 Å². The Balaban J connectivity index is 1.57. The summed E-state index contributed by atoms with van der Waals surface area (Å²) in [5.74, 6) is -0.669. The fraction of sp³-hybridized carbons (Fsp3) is 0.364. The Kier molecular flexibility index (Phi) is 6.36. The highest BCUT2D eigenvalue weighted by Gasteiger charge is 2.42. The van der Waals surface area contributed by atoms with Gasteiger partial charge >= 0.3 is 5.97 Å². The zero-order valence-corrected chi connectivity index (χ0v) is 18.0. The fourth-order valence-corrected chi connectivity index (χ4v) is 4.04. The summed E-state index contributed by atoms with van der Waals surface area (Å²) in [7, 11) is 0. The van der Waals surface area contributed by atoms with E-state index < -0.39 is 23.8 Å². The number of halogens is 1. The predicted molar refractivity (Wildman–Crippen MR) is 118 cm³/mol. The Morgan fingerprint density at radius 3 is 2.61 bits per heavy atom. The smallest absolute Gasteiger partial charge is 0.321 e. The van der Waals surface area contributed by atoms with Crippen molar-refractivity contribution in [3.63, 3.8) is 0 Å². The van der Waals surface area contributed by atoms with E-state index in [9.17, 15) is 9.59 Å². The van der Waals surface area contributed by atoms with Gasteiger partial charge in [0.1, 0.15) is 11.9 Å². The molecular weight excluding hydrogens is 418 g/mol. The van der Waals surface area contributed by atoms with Crippen molar-refractivity contribution >= 4 is 35.3 Å². The molecule has 2 aliphatic heterocycles. The highest BCUT2D eigenvalue weighted by molar-refractivity contribution is 6.30. The molecule has 8 nitrogen and oxygen atoms in total. The molecule has 0 spiro atoms. The molecule has 2 atom stereocenters. The predicted octanol–water partition coefficient (Wildman–Crippen LogP) is 2.26. The second-order valence-electron chi connectivity index (χ2n) is 7.33. The molecule has 1 saturated heterocycles. The number of amides is 1. The number of benzene rings is 1. The molecule has 0 saturated carbocycles. The number of hydrogen-bond donors (Lipinski definition) is 1.